The van der Waals surface area contributed by atoms with Gasteiger partial charge in [0.25, 0.3) is 0 Å². The smallest absolute Gasteiger partial charge is 0.407 e. The van der Waals surface area contributed by atoms with Gasteiger partial charge in [-0.3, -0.25) is 4.79 Å². The maximum atomic E-state index is 12.3. The molecule has 1 unspecified atom stereocenters. The van der Waals surface area contributed by atoms with Gasteiger partial charge in [0.1, 0.15) is 12.6 Å². The molecular formula is C25H30N2O5S. The van der Waals surface area contributed by atoms with Gasteiger partial charge in [-0.2, -0.15) is 11.8 Å². The van der Waals surface area contributed by atoms with Crippen LogP contribution in [0.1, 0.15) is 36.8 Å². The lowest BCUT2D eigenvalue weighted by atomic mass is 9.98. The van der Waals surface area contributed by atoms with Crippen molar-refractivity contribution in [3.63, 3.8) is 0 Å². The zero-order chi connectivity index (χ0) is 23.8. The second-order valence-corrected chi connectivity index (χ2v) is 9.11. The zero-order valence-corrected chi connectivity index (χ0v) is 19.7. The van der Waals surface area contributed by atoms with E-state index in [9.17, 15) is 19.5 Å². The minimum atomic E-state index is -1.04. The molecule has 1 aliphatic carbocycles. The van der Waals surface area contributed by atoms with Gasteiger partial charge in [0.15, 0.2) is 0 Å². The SMILES string of the molecule is CSCC[C@H](NC(=O)C(C)CCNC(=O)OCC1c2ccccc2-c2ccccc21)C(=O)O. The van der Waals surface area contributed by atoms with Gasteiger partial charge in [-0.15, -0.1) is 0 Å². The highest BCUT2D eigenvalue weighted by Crippen LogP contribution is 2.44. The second kappa shape index (κ2) is 11.7. The van der Waals surface area contributed by atoms with Crippen molar-refractivity contribution in [1.29, 1.82) is 0 Å². The first-order valence-corrected chi connectivity index (χ1v) is 12.4. The number of carbonyl (C=O) groups is 3. The van der Waals surface area contributed by atoms with Crippen LogP contribution in [0, 0.1) is 5.92 Å². The molecule has 3 rings (SSSR count). The Bertz CT molecular complexity index is 951. The number of amides is 2. The molecule has 0 aliphatic heterocycles. The third kappa shape index (κ3) is 6.28. The number of alkyl carbamates (subject to hydrolysis) is 1. The third-order valence-electron chi connectivity index (χ3n) is 5.86. The summed E-state index contributed by atoms with van der Waals surface area (Å²) in [6.45, 7) is 2.20. The van der Waals surface area contributed by atoms with Gasteiger partial charge in [-0.05, 0) is 47.1 Å². The van der Waals surface area contributed by atoms with Crippen molar-refractivity contribution in [3.8, 4) is 11.1 Å². The number of aliphatic carboxylic acids is 1. The van der Waals surface area contributed by atoms with Crippen LogP contribution < -0.4 is 10.6 Å². The summed E-state index contributed by atoms with van der Waals surface area (Å²) in [6, 6.07) is 15.4. The normalized spacial score (nSPS) is 14.0. The Morgan fingerprint density at radius 3 is 2.21 bits per heavy atom. The number of thioether (sulfide) groups is 1. The molecule has 2 amide bonds. The summed E-state index contributed by atoms with van der Waals surface area (Å²) >= 11 is 1.53. The summed E-state index contributed by atoms with van der Waals surface area (Å²) < 4.78 is 5.49. The van der Waals surface area contributed by atoms with Gasteiger partial charge in [0.05, 0.1) is 0 Å². The molecular weight excluding hydrogens is 440 g/mol. The lowest BCUT2D eigenvalue weighted by Crippen LogP contribution is -2.44. The second-order valence-electron chi connectivity index (χ2n) is 8.12. The van der Waals surface area contributed by atoms with Crippen molar-refractivity contribution >= 4 is 29.7 Å². The Balaban J connectivity index is 1.45. The lowest BCUT2D eigenvalue weighted by molar-refractivity contribution is -0.142. The first-order chi connectivity index (χ1) is 15.9. The van der Waals surface area contributed by atoms with Crippen LogP contribution in [-0.2, 0) is 14.3 Å². The van der Waals surface area contributed by atoms with Crippen molar-refractivity contribution in [2.45, 2.75) is 31.7 Å². The van der Waals surface area contributed by atoms with Crippen molar-refractivity contribution in [2.75, 3.05) is 25.2 Å². The van der Waals surface area contributed by atoms with Crippen LogP contribution in [-0.4, -0.2) is 54.3 Å². The number of fused-ring (bicyclic) bond motifs is 3. The average Bonchev–Trinajstić information content (AvgIpc) is 3.13. The standard InChI is InChI=1S/C25H30N2O5S/c1-16(23(28)27-22(24(29)30)12-14-33-2)11-13-26-25(31)32-15-21-19-9-5-3-7-17(19)18-8-4-6-10-20(18)21/h3-10,16,21-22H,11-15H2,1-2H3,(H,26,31)(H,27,28)(H,29,30)/t16?,22-/m0/s1. The summed E-state index contributed by atoms with van der Waals surface area (Å²) in [7, 11) is 0. The van der Waals surface area contributed by atoms with E-state index >= 15 is 0 Å². The quantitative estimate of drug-likeness (QED) is 0.460. The van der Waals surface area contributed by atoms with E-state index in [-0.39, 0.29) is 25.0 Å². The molecule has 0 saturated heterocycles. The lowest BCUT2D eigenvalue weighted by Gasteiger charge is -2.18. The van der Waals surface area contributed by atoms with Crippen LogP contribution in [0.3, 0.4) is 0 Å². The number of hydrogen-bond donors (Lipinski definition) is 3. The maximum Gasteiger partial charge on any atom is 0.407 e. The zero-order valence-electron chi connectivity index (χ0n) is 18.9. The molecule has 0 heterocycles. The third-order valence-corrected chi connectivity index (χ3v) is 6.51. The Kier molecular flexibility index (Phi) is 8.77. The highest BCUT2D eigenvalue weighted by atomic mass is 32.2. The minimum Gasteiger partial charge on any atom is -0.480 e. The minimum absolute atomic E-state index is 0.0120. The van der Waals surface area contributed by atoms with Crippen molar-refractivity contribution in [1.82, 2.24) is 10.6 Å². The van der Waals surface area contributed by atoms with E-state index < -0.39 is 24.0 Å². The molecule has 2 atom stereocenters. The molecule has 2 aromatic carbocycles. The van der Waals surface area contributed by atoms with E-state index in [0.29, 0.717) is 18.6 Å². The number of carboxylic acids is 1. The van der Waals surface area contributed by atoms with Gasteiger partial charge in [0.2, 0.25) is 5.91 Å². The van der Waals surface area contributed by atoms with Crippen molar-refractivity contribution in [3.05, 3.63) is 59.7 Å². The molecule has 33 heavy (non-hydrogen) atoms. The van der Waals surface area contributed by atoms with E-state index in [4.69, 9.17) is 4.74 Å². The summed E-state index contributed by atoms with van der Waals surface area (Å²) in [5.41, 5.74) is 4.62. The molecule has 0 radical (unpaired) electrons. The molecule has 0 fully saturated rings. The summed E-state index contributed by atoms with van der Waals surface area (Å²) in [6.07, 6.45) is 2.10. The highest BCUT2D eigenvalue weighted by molar-refractivity contribution is 7.98. The number of rotatable bonds is 11. The number of benzene rings is 2. The van der Waals surface area contributed by atoms with Gasteiger partial charge in [0, 0.05) is 18.4 Å². The van der Waals surface area contributed by atoms with E-state index in [2.05, 4.69) is 34.9 Å². The molecule has 176 valence electrons. The fraction of sp³-hybridized carbons (Fsp3) is 0.400. The topological polar surface area (TPSA) is 105 Å². The van der Waals surface area contributed by atoms with Crippen LogP contribution >= 0.6 is 11.8 Å². The first-order valence-electron chi connectivity index (χ1n) is 11.0. The first kappa shape index (κ1) is 24.6. The van der Waals surface area contributed by atoms with Crippen LogP contribution in [0.5, 0.6) is 0 Å². The number of carbonyl (C=O) groups excluding carboxylic acids is 2. The molecule has 1 aliphatic rings. The van der Waals surface area contributed by atoms with E-state index in [1.165, 1.54) is 22.9 Å². The summed E-state index contributed by atoms with van der Waals surface area (Å²) in [5.74, 6) is -1.18. The Morgan fingerprint density at radius 1 is 1.03 bits per heavy atom. The average molecular weight is 471 g/mol. The van der Waals surface area contributed by atoms with Gasteiger partial charge in [-0.1, -0.05) is 55.5 Å². The maximum absolute atomic E-state index is 12.3. The molecule has 0 bridgehead atoms. The van der Waals surface area contributed by atoms with Crippen molar-refractivity contribution < 1.29 is 24.2 Å². The fourth-order valence-corrected chi connectivity index (χ4v) is 4.45. The van der Waals surface area contributed by atoms with E-state index in [0.717, 1.165) is 11.1 Å². The molecule has 0 saturated carbocycles. The molecule has 3 N–H and O–H groups in total. The van der Waals surface area contributed by atoms with Gasteiger partial charge >= 0.3 is 12.1 Å². The molecule has 0 aromatic heterocycles. The molecule has 8 heteroatoms. The van der Waals surface area contributed by atoms with Crippen LogP contribution in [0.15, 0.2) is 48.5 Å². The highest BCUT2D eigenvalue weighted by Gasteiger charge is 2.29. The predicted octanol–water partition coefficient (Wildman–Crippen LogP) is 3.87. The van der Waals surface area contributed by atoms with E-state index in [1.54, 1.807) is 6.92 Å². The van der Waals surface area contributed by atoms with Gasteiger partial charge in [-0.25, -0.2) is 9.59 Å². The largest absolute Gasteiger partial charge is 0.480 e. The van der Waals surface area contributed by atoms with Crippen LogP contribution in [0.25, 0.3) is 11.1 Å². The van der Waals surface area contributed by atoms with E-state index in [1.807, 2.05) is 30.5 Å². The summed E-state index contributed by atoms with van der Waals surface area (Å²) in [5, 5.41) is 14.5. The van der Waals surface area contributed by atoms with Crippen LogP contribution in [0.4, 0.5) is 4.79 Å². The summed E-state index contributed by atoms with van der Waals surface area (Å²) in [4.78, 5) is 35.9. The van der Waals surface area contributed by atoms with Crippen molar-refractivity contribution in [2.24, 2.45) is 5.92 Å². The molecule has 0 spiro atoms. The van der Waals surface area contributed by atoms with Crippen LogP contribution in [0.2, 0.25) is 0 Å². The molecule has 2 aromatic rings. The van der Waals surface area contributed by atoms with Gasteiger partial charge < -0.3 is 20.5 Å². The Morgan fingerprint density at radius 2 is 1.64 bits per heavy atom. The number of carboxylic acid groups (broad SMARTS) is 1. The fourth-order valence-electron chi connectivity index (χ4n) is 3.98. The monoisotopic (exact) mass is 470 g/mol. The molecule has 7 nitrogen and oxygen atoms in total. The predicted molar refractivity (Wildman–Crippen MR) is 129 cm³/mol. The number of hydrogen-bond acceptors (Lipinski definition) is 5. The Hall–Kier alpha value is -3.00. The Labute approximate surface area is 198 Å². The number of ether oxygens (including phenoxy) is 1. The number of nitrogens with one attached hydrogen (secondary N) is 2.